The van der Waals surface area contributed by atoms with Gasteiger partial charge in [0, 0.05) is 36.1 Å². The van der Waals surface area contributed by atoms with Gasteiger partial charge in [0.25, 0.3) is 0 Å². The number of carbonyl (C=O) groups is 2. The molecule has 4 unspecified atom stereocenters. The fraction of sp³-hybridized carbons (Fsp3) is 0.600. The summed E-state index contributed by atoms with van der Waals surface area (Å²) in [6, 6.07) is 6.28. The van der Waals surface area contributed by atoms with Gasteiger partial charge in [-0.1, -0.05) is 6.07 Å². The van der Waals surface area contributed by atoms with Gasteiger partial charge >= 0.3 is 0 Å². The highest BCUT2D eigenvalue weighted by Gasteiger charge is 2.34. The van der Waals surface area contributed by atoms with E-state index in [1.54, 1.807) is 18.2 Å². The summed E-state index contributed by atoms with van der Waals surface area (Å²) < 4.78 is 54.0. The van der Waals surface area contributed by atoms with E-state index in [0.29, 0.717) is 11.4 Å². The van der Waals surface area contributed by atoms with Gasteiger partial charge in [0.05, 0.1) is 0 Å². The van der Waals surface area contributed by atoms with Gasteiger partial charge in [-0.3, -0.25) is 9.59 Å². The van der Waals surface area contributed by atoms with Crippen molar-refractivity contribution in [2.24, 2.45) is 11.8 Å². The zero-order valence-electron chi connectivity index (χ0n) is 15.3. The van der Waals surface area contributed by atoms with Crippen LogP contribution in [0.3, 0.4) is 0 Å². The van der Waals surface area contributed by atoms with Crippen LogP contribution in [0.25, 0.3) is 0 Å². The lowest BCUT2D eigenvalue weighted by atomic mass is 9.86. The molecule has 8 heteroatoms. The van der Waals surface area contributed by atoms with Gasteiger partial charge in [0.1, 0.15) is 24.7 Å². The first-order chi connectivity index (χ1) is 13.3. The molecule has 1 aromatic rings. The molecule has 0 saturated heterocycles. The van der Waals surface area contributed by atoms with E-state index in [2.05, 4.69) is 10.6 Å². The Labute approximate surface area is 161 Å². The maximum Gasteiger partial charge on any atom is 0.227 e. The average molecular weight is 400 g/mol. The van der Waals surface area contributed by atoms with E-state index in [1.807, 2.05) is 0 Å². The lowest BCUT2D eigenvalue weighted by Crippen LogP contribution is -2.33. The third kappa shape index (κ3) is 5.45. The second-order valence-electron chi connectivity index (χ2n) is 7.76. The largest absolute Gasteiger partial charge is 0.326 e. The van der Waals surface area contributed by atoms with E-state index < -0.39 is 48.3 Å². The fourth-order valence-corrected chi connectivity index (χ4v) is 3.96. The first-order valence-electron chi connectivity index (χ1n) is 9.58. The van der Waals surface area contributed by atoms with Gasteiger partial charge in [-0.15, -0.1) is 0 Å². The lowest BCUT2D eigenvalue weighted by Gasteiger charge is -2.27. The van der Waals surface area contributed by atoms with Crippen molar-refractivity contribution in [1.82, 2.24) is 0 Å². The molecule has 2 N–H and O–H groups in total. The first-order valence-corrected chi connectivity index (χ1v) is 9.58. The maximum absolute atomic E-state index is 13.5. The van der Waals surface area contributed by atoms with Gasteiger partial charge in [-0.25, -0.2) is 17.6 Å². The highest BCUT2D eigenvalue weighted by molar-refractivity contribution is 5.95. The smallest absolute Gasteiger partial charge is 0.227 e. The normalized spacial score (nSPS) is 33.1. The summed E-state index contributed by atoms with van der Waals surface area (Å²) in [7, 11) is 0. The second-order valence-corrected chi connectivity index (χ2v) is 7.76. The summed E-state index contributed by atoms with van der Waals surface area (Å²) in [4.78, 5) is 24.6. The fourth-order valence-electron chi connectivity index (χ4n) is 3.96. The van der Waals surface area contributed by atoms with Gasteiger partial charge < -0.3 is 10.6 Å². The Morgan fingerprint density at radius 2 is 1.04 bits per heavy atom. The number of benzene rings is 1. The van der Waals surface area contributed by atoms with Crippen LogP contribution in [0.2, 0.25) is 0 Å². The zero-order valence-corrected chi connectivity index (χ0v) is 15.3. The van der Waals surface area contributed by atoms with Crippen molar-refractivity contribution in [3.05, 3.63) is 24.3 Å². The standard InChI is InChI=1S/C20H24F4N2O2/c21-13-4-11(5-14(22)8-13)19(27)25-17-2-1-3-18(10-17)26-20(28)12-6-15(23)9-16(24)7-12/h1-3,10-16H,4-9H2,(H,25,27)(H,26,28). The predicted molar refractivity (Wildman–Crippen MR) is 98.0 cm³/mol. The predicted octanol–water partition coefficient (Wildman–Crippen LogP) is 4.52. The minimum Gasteiger partial charge on any atom is -0.326 e. The van der Waals surface area contributed by atoms with E-state index in [0.717, 1.165) is 0 Å². The number of hydrogen-bond donors (Lipinski definition) is 2. The van der Waals surface area contributed by atoms with Gasteiger partial charge in [0.2, 0.25) is 11.8 Å². The van der Waals surface area contributed by atoms with Gasteiger partial charge in [-0.05, 0) is 43.9 Å². The number of anilines is 2. The average Bonchev–Trinajstić information content (AvgIpc) is 2.60. The Bertz CT molecular complexity index is 642. The van der Waals surface area contributed by atoms with Crippen molar-refractivity contribution in [3.8, 4) is 0 Å². The number of rotatable bonds is 4. The molecule has 0 aromatic heterocycles. The van der Waals surface area contributed by atoms with E-state index in [4.69, 9.17) is 0 Å². The summed E-state index contributed by atoms with van der Waals surface area (Å²) in [5.74, 6) is -2.44. The van der Waals surface area contributed by atoms with Crippen LogP contribution in [-0.4, -0.2) is 36.5 Å². The first kappa shape index (κ1) is 20.6. The molecule has 0 aliphatic heterocycles. The van der Waals surface area contributed by atoms with Crippen molar-refractivity contribution >= 4 is 23.2 Å². The highest BCUT2D eigenvalue weighted by atomic mass is 19.2. The topological polar surface area (TPSA) is 58.2 Å². The Morgan fingerprint density at radius 3 is 1.39 bits per heavy atom. The molecule has 28 heavy (non-hydrogen) atoms. The Hall–Kier alpha value is -2.12. The number of hydrogen-bond acceptors (Lipinski definition) is 2. The number of alkyl halides is 4. The van der Waals surface area contributed by atoms with Crippen molar-refractivity contribution in [2.45, 2.75) is 63.2 Å². The van der Waals surface area contributed by atoms with Crippen LogP contribution in [0, 0.1) is 11.8 Å². The summed E-state index contributed by atoms with van der Waals surface area (Å²) >= 11 is 0. The highest BCUT2D eigenvalue weighted by Crippen LogP contribution is 2.31. The number of halogens is 4. The van der Waals surface area contributed by atoms with Crippen LogP contribution in [-0.2, 0) is 9.59 Å². The summed E-state index contributed by atoms with van der Waals surface area (Å²) in [6.07, 6.45) is -5.74. The third-order valence-electron chi connectivity index (χ3n) is 5.32. The number of nitrogens with one attached hydrogen (secondary N) is 2. The molecule has 0 bridgehead atoms. The molecule has 0 radical (unpaired) electrons. The zero-order chi connectivity index (χ0) is 20.3. The van der Waals surface area contributed by atoms with Crippen LogP contribution >= 0.6 is 0 Å². The molecule has 2 fully saturated rings. The minimum absolute atomic E-state index is 0.0147. The molecule has 0 spiro atoms. The monoisotopic (exact) mass is 400 g/mol. The van der Waals surface area contributed by atoms with Crippen LogP contribution in [0.15, 0.2) is 24.3 Å². The summed E-state index contributed by atoms with van der Waals surface area (Å²) in [6.45, 7) is 0. The van der Waals surface area contributed by atoms with Crippen LogP contribution in [0.5, 0.6) is 0 Å². The molecule has 4 atom stereocenters. The lowest BCUT2D eigenvalue weighted by molar-refractivity contribution is -0.123. The minimum atomic E-state index is -1.33. The van der Waals surface area contributed by atoms with E-state index in [1.165, 1.54) is 6.07 Å². The molecule has 3 rings (SSSR count). The summed E-state index contributed by atoms with van der Waals surface area (Å²) in [5, 5.41) is 5.23. The van der Waals surface area contributed by atoms with Crippen LogP contribution in [0.1, 0.15) is 38.5 Å². The van der Waals surface area contributed by atoms with Crippen molar-refractivity contribution in [2.75, 3.05) is 10.6 Å². The molecule has 1 aromatic carbocycles. The molecular weight excluding hydrogens is 376 g/mol. The maximum atomic E-state index is 13.5. The molecule has 2 aliphatic carbocycles. The van der Waals surface area contributed by atoms with Crippen molar-refractivity contribution in [3.63, 3.8) is 0 Å². The molecule has 154 valence electrons. The molecule has 4 nitrogen and oxygen atoms in total. The molecular formula is C20H24F4N2O2. The quantitative estimate of drug-likeness (QED) is 0.731. The molecule has 2 amide bonds. The summed E-state index contributed by atoms with van der Waals surface area (Å²) in [5.41, 5.74) is 0.740. The van der Waals surface area contributed by atoms with Crippen LogP contribution in [0.4, 0.5) is 28.9 Å². The SMILES string of the molecule is O=C(Nc1cccc(NC(=O)C2CC(F)CC(F)C2)c1)C1CC(F)CC(F)C1. The second kappa shape index (κ2) is 8.92. The van der Waals surface area contributed by atoms with E-state index >= 15 is 0 Å². The van der Waals surface area contributed by atoms with E-state index in [-0.39, 0.29) is 38.5 Å². The molecule has 2 aliphatic rings. The third-order valence-corrected chi connectivity index (χ3v) is 5.32. The van der Waals surface area contributed by atoms with Crippen molar-refractivity contribution < 1.29 is 27.2 Å². The number of amides is 2. The molecule has 2 saturated carbocycles. The van der Waals surface area contributed by atoms with Gasteiger partial charge in [-0.2, -0.15) is 0 Å². The Kier molecular flexibility index (Phi) is 6.57. The van der Waals surface area contributed by atoms with Gasteiger partial charge in [0.15, 0.2) is 0 Å². The Balaban J connectivity index is 1.59. The molecule has 0 heterocycles. The van der Waals surface area contributed by atoms with Crippen molar-refractivity contribution in [1.29, 1.82) is 0 Å². The van der Waals surface area contributed by atoms with E-state index in [9.17, 15) is 27.2 Å². The number of carbonyl (C=O) groups excluding carboxylic acids is 2. The van der Waals surface area contributed by atoms with Crippen LogP contribution < -0.4 is 10.6 Å². The Morgan fingerprint density at radius 1 is 0.679 bits per heavy atom.